The first kappa shape index (κ1) is 15.0. The number of benzene rings is 1. The molecule has 1 saturated carbocycles. The molecule has 0 bridgehead atoms. The van der Waals surface area contributed by atoms with Crippen molar-refractivity contribution in [3.05, 3.63) is 35.6 Å². The Kier molecular flexibility index (Phi) is 4.79. The van der Waals surface area contributed by atoms with Gasteiger partial charge < -0.3 is 5.11 Å². The van der Waals surface area contributed by atoms with Gasteiger partial charge in [-0.15, -0.1) is 0 Å². The Morgan fingerprint density at radius 3 is 2.70 bits per heavy atom. The zero-order valence-corrected chi connectivity index (χ0v) is 12.2. The maximum atomic E-state index is 13.2. The van der Waals surface area contributed by atoms with Gasteiger partial charge in [-0.3, -0.25) is 4.79 Å². The van der Waals surface area contributed by atoms with Crippen molar-refractivity contribution in [2.45, 2.75) is 39.5 Å². The minimum atomic E-state index is -0.749. The average Bonchev–Trinajstić information content (AvgIpc) is 2.39. The number of rotatable bonds is 4. The summed E-state index contributed by atoms with van der Waals surface area (Å²) < 4.78 is 13.2. The van der Waals surface area contributed by atoms with Crippen LogP contribution >= 0.6 is 0 Å². The van der Waals surface area contributed by atoms with Gasteiger partial charge in [-0.2, -0.15) is 0 Å². The summed E-state index contributed by atoms with van der Waals surface area (Å²) >= 11 is 0. The fourth-order valence-electron chi connectivity index (χ4n) is 3.33. The molecule has 1 fully saturated rings. The Morgan fingerprint density at radius 1 is 1.35 bits per heavy atom. The molecule has 0 aliphatic heterocycles. The molecule has 2 nitrogen and oxygen atoms in total. The van der Waals surface area contributed by atoms with E-state index in [2.05, 4.69) is 13.8 Å². The third-order valence-electron chi connectivity index (χ3n) is 4.87. The number of hydrogen-bond donors (Lipinski definition) is 1. The van der Waals surface area contributed by atoms with Gasteiger partial charge in [0.15, 0.2) is 0 Å². The third-order valence-corrected chi connectivity index (χ3v) is 4.87. The summed E-state index contributed by atoms with van der Waals surface area (Å²) in [4.78, 5) is 11.6. The molecule has 110 valence electrons. The molecular weight excluding hydrogens is 255 g/mol. The van der Waals surface area contributed by atoms with Crippen molar-refractivity contribution in [1.29, 1.82) is 0 Å². The highest BCUT2D eigenvalue weighted by molar-refractivity contribution is 5.70. The molecule has 0 aromatic heterocycles. The molecule has 0 heterocycles. The van der Waals surface area contributed by atoms with Crippen molar-refractivity contribution in [3.8, 4) is 0 Å². The Bertz CT molecular complexity index is 472. The van der Waals surface area contributed by atoms with Crippen molar-refractivity contribution in [3.63, 3.8) is 0 Å². The van der Waals surface area contributed by atoms with Gasteiger partial charge >= 0.3 is 5.97 Å². The second-order valence-corrected chi connectivity index (χ2v) is 6.31. The van der Waals surface area contributed by atoms with Crippen LogP contribution in [-0.2, 0) is 11.2 Å². The summed E-state index contributed by atoms with van der Waals surface area (Å²) in [6.07, 6.45) is 3.46. The predicted octanol–water partition coefficient (Wildman–Crippen LogP) is 4.14. The lowest BCUT2D eigenvalue weighted by molar-refractivity contribution is -0.144. The monoisotopic (exact) mass is 278 g/mol. The van der Waals surface area contributed by atoms with Crippen LogP contribution in [0.2, 0.25) is 0 Å². The largest absolute Gasteiger partial charge is 0.481 e. The lowest BCUT2D eigenvalue weighted by atomic mass is 9.70. The molecule has 1 aromatic carbocycles. The van der Waals surface area contributed by atoms with Crippen LogP contribution in [0.5, 0.6) is 0 Å². The fourth-order valence-corrected chi connectivity index (χ4v) is 3.33. The molecule has 1 aromatic rings. The van der Waals surface area contributed by atoms with Gasteiger partial charge in [0, 0.05) is 0 Å². The van der Waals surface area contributed by atoms with Gasteiger partial charge in [-0.1, -0.05) is 32.4 Å². The molecular formula is C17H23FO2. The van der Waals surface area contributed by atoms with Crippen LogP contribution in [0.3, 0.4) is 0 Å². The summed E-state index contributed by atoms with van der Waals surface area (Å²) in [5.74, 6) is 0.0185. The number of carbonyl (C=O) groups is 1. The number of halogens is 1. The molecule has 3 heteroatoms. The molecule has 20 heavy (non-hydrogen) atoms. The van der Waals surface area contributed by atoms with Crippen molar-refractivity contribution in [2.24, 2.45) is 23.7 Å². The average molecular weight is 278 g/mol. The van der Waals surface area contributed by atoms with Crippen LogP contribution in [0, 0.1) is 29.5 Å². The quantitative estimate of drug-likeness (QED) is 0.898. The zero-order valence-electron chi connectivity index (χ0n) is 12.2. The van der Waals surface area contributed by atoms with E-state index in [0.717, 1.165) is 24.8 Å². The van der Waals surface area contributed by atoms with Gasteiger partial charge in [0.05, 0.1) is 5.92 Å². The van der Waals surface area contributed by atoms with Gasteiger partial charge in [0.1, 0.15) is 5.82 Å². The minimum Gasteiger partial charge on any atom is -0.481 e. The van der Waals surface area contributed by atoms with E-state index < -0.39 is 11.9 Å². The number of carboxylic acids is 1. The standard InChI is InChI=1S/C17H23FO2/c1-11-6-7-14(8-12(11)2)16(17(19)20)10-13-4-3-5-15(18)9-13/h3-5,9,11-12,14,16H,6-8,10H2,1-2H3,(H,19,20). The molecule has 1 aliphatic rings. The van der Waals surface area contributed by atoms with Crippen molar-refractivity contribution < 1.29 is 14.3 Å². The highest BCUT2D eigenvalue weighted by Gasteiger charge is 2.34. The lowest BCUT2D eigenvalue weighted by Crippen LogP contribution is -2.32. The molecule has 0 spiro atoms. The second-order valence-electron chi connectivity index (χ2n) is 6.31. The van der Waals surface area contributed by atoms with Crippen molar-refractivity contribution in [1.82, 2.24) is 0 Å². The van der Waals surface area contributed by atoms with Gasteiger partial charge in [0.2, 0.25) is 0 Å². The summed E-state index contributed by atoms with van der Waals surface area (Å²) in [5, 5.41) is 9.51. The summed E-state index contributed by atoms with van der Waals surface area (Å²) in [5.41, 5.74) is 0.781. The molecule has 2 rings (SSSR count). The van der Waals surface area contributed by atoms with Gasteiger partial charge in [-0.25, -0.2) is 4.39 Å². The molecule has 0 radical (unpaired) electrons. The Morgan fingerprint density at radius 2 is 2.10 bits per heavy atom. The lowest BCUT2D eigenvalue weighted by Gasteiger charge is -2.35. The van der Waals surface area contributed by atoms with Crippen LogP contribution in [0.1, 0.15) is 38.7 Å². The van der Waals surface area contributed by atoms with Crippen LogP contribution in [0.4, 0.5) is 4.39 Å². The Hall–Kier alpha value is -1.38. The predicted molar refractivity (Wildman–Crippen MR) is 76.9 cm³/mol. The Balaban J connectivity index is 2.09. The maximum absolute atomic E-state index is 13.2. The Labute approximate surface area is 120 Å². The number of carboxylic acid groups (broad SMARTS) is 1. The first-order chi connectivity index (χ1) is 9.47. The van der Waals surface area contributed by atoms with Gasteiger partial charge in [0.25, 0.3) is 0 Å². The van der Waals surface area contributed by atoms with Gasteiger partial charge in [-0.05, 0) is 54.7 Å². The highest BCUT2D eigenvalue weighted by Crippen LogP contribution is 2.38. The van der Waals surface area contributed by atoms with E-state index in [1.165, 1.54) is 12.1 Å². The highest BCUT2D eigenvalue weighted by atomic mass is 19.1. The third kappa shape index (κ3) is 3.59. The summed E-state index contributed by atoms with van der Waals surface area (Å²) in [6.45, 7) is 4.45. The summed E-state index contributed by atoms with van der Waals surface area (Å²) in [7, 11) is 0. The second kappa shape index (κ2) is 6.38. The first-order valence-electron chi connectivity index (χ1n) is 7.44. The van der Waals surface area contributed by atoms with E-state index in [1.54, 1.807) is 6.07 Å². The normalized spacial score (nSPS) is 28.1. The van der Waals surface area contributed by atoms with E-state index in [9.17, 15) is 14.3 Å². The summed E-state index contributed by atoms with van der Waals surface area (Å²) in [6, 6.07) is 6.30. The van der Waals surface area contributed by atoms with Crippen molar-refractivity contribution in [2.75, 3.05) is 0 Å². The topological polar surface area (TPSA) is 37.3 Å². The number of aliphatic carboxylic acids is 1. The van der Waals surface area contributed by atoms with E-state index in [4.69, 9.17) is 0 Å². The zero-order chi connectivity index (χ0) is 14.7. The molecule has 1 aliphatic carbocycles. The van der Waals surface area contributed by atoms with Crippen LogP contribution in [0.15, 0.2) is 24.3 Å². The molecule has 0 saturated heterocycles. The fraction of sp³-hybridized carbons (Fsp3) is 0.588. The molecule has 1 N–H and O–H groups in total. The van der Waals surface area contributed by atoms with E-state index in [1.807, 2.05) is 6.07 Å². The van der Waals surface area contributed by atoms with E-state index in [-0.39, 0.29) is 11.7 Å². The van der Waals surface area contributed by atoms with Crippen LogP contribution in [0.25, 0.3) is 0 Å². The van der Waals surface area contributed by atoms with Crippen molar-refractivity contribution >= 4 is 5.97 Å². The van der Waals surface area contributed by atoms with E-state index in [0.29, 0.717) is 18.3 Å². The maximum Gasteiger partial charge on any atom is 0.307 e. The SMILES string of the molecule is CC1CCC(C(Cc2cccc(F)c2)C(=O)O)CC1C. The smallest absolute Gasteiger partial charge is 0.307 e. The van der Waals surface area contributed by atoms with E-state index >= 15 is 0 Å². The van der Waals surface area contributed by atoms with Crippen LogP contribution in [-0.4, -0.2) is 11.1 Å². The molecule has 0 amide bonds. The molecule has 4 atom stereocenters. The molecule has 4 unspecified atom stereocenters. The number of hydrogen-bond acceptors (Lipinski definition) is 1. The first-order valence-corrected chi connectivity index (χ1v) is 7.44. The van der Waals surface area contributed by atoms with Crippen LogP contribution < -0.4 is 0 Å². The minimum absolute atomic E-state index is 0.210.